The maximum absolute atomic E-state index is 12.8. The number of hydrogen-bond acceptors (Lipinski definition) is 5. The third-order valence-corrected chi connectivity index (χ3v) is 4.36. The number of primary amides is 1. The minimum absolute atomic E-state index is 0.0806. The molecule has 1 aliphatic heterocycles. The van der Waals surface area contributed by atoms with E-state index in [1.54, 1.807) is 4.90 Å². The van der Waals surface area contributed by atoms with E-state index >= 15 is 0 Å². The Kier molecular flexibility index (Phi) is 5.87. The lowest BCUT2D eigenvalue weighted by molar-refractivity contribution is 0.0158. The summed E-state index contributed by atoms with van der Waals surface area (Å²) in [7, 11) is 1.40. The van der Waals surface area contributed by atoms with Gasteiger partial charge in [-0.3, -0.25) is 4.79 Å². The van der Waals surface area contributed by atoms with Crippen LogP contribution in [0.2, 0.25) is 0 Å². The molecule has 1 aromatic carbocycles. The molecule has 0 radical (unpaired) electrons. The van der Waals surface area contributed by atoms with Crippen molar-refractivity contribution in [3.8, 4) is 5.88 Å². The number of carbonyl (C=O) groups is 2. The Labute approximate surface area is 157 Å². The average molecular weight is 370 g/mol. The summed E-state index contributed by atoms with van der Waals surface area (Å²) in [5.41, 5.74) is 6.96. The minimum atomic E-state index is -0.677. The number of carbonyl (C=O) groups excluding carboxylic acids is 2. The van der Waals surface area contributed by atoms with E-state index in [-0.39, 0.29) is 23.5 Å². The number of amides is 3. The number of benzene rings is 1. The highest BCUT2D eigenvalue weighted by molar-refractivity contribution is 5.97. The van der Waals surface area contributed by atoms with Gasteiger partial charge in [0.25, 0.3) is 5.91 Å². The van der Waals surface area contributed by atoms with Gasteiger partial charge in [0.15, 0.2) is 0 Å². The minimum Gasteiger partial charge on any atom is -0.480 e. The van der Waals surface area contributed by atoms with Gasteiger partial charge in [0, 0.05) is 6.54 Å². The van der Waals surface area contributed by atoms with E-state index in [0.29, 0.717) is 31.9 Å². The second-order valence-corrected chi connectivity index (χ2v) is 6.19. The zero-order valence-corrected chi connectivity index (χ0v) is 15.1. The summed E-state index contributed by atoms with van der Waals surface area (Å²) in [6, 6.07) is 11.0. The Morgan fingerprint density at radius 1 is 1.37 bits per heavy atom. The summed E-state index contributed by atoms with van der Waals surface area (Å²) in [6.45, 7) is 1.43. The maximum Gasteiger partial charge on any atom is 0.322 e. The van der Waals surface area contributed by atoms with E-state index in [0.717, 1.165) is 5.56 Å². The summed E-state index contributed by atoms with van der Waals surface area (Å²) in [4.78, 5) is 30.1. The highest BCUT2D eigenvalue weighted by Gasteiger charge is 2.28. The van der Waals surface area contributed by atoms with Crippen molar-refractivity contribution < 1.29 is 19.1 Å². The number of pyridine rings is 1. The third-order valence-electron chi connectivity index (χ3n) is 4.36. The van der Waals surface area contributed by atoms with E-state index in [9.17, 15) is 9.59 Å². The van der Waals surface area contributed by atoms with E-state index in [1.807, 2.05) is 30.3 Å². The van der Waals surface area contributed by atoms with Crippen molar-refractivity contribution in [3.05, 3.63) is 53.7 Å². The van der Waals surface area contributed by atoms with Gasteiger partial charge in [0.2, 0.25) is 5.88 Å². The number of rotatable bonds is 5. The first kappa shape index (κ1) is 18.7. The fraction of sp³-hybridized carbons (Fsp3) is 0.316. The summed E-state index contributed by atoms with van der Waals surface area (Å²) >= 11 is 0. The number of nitrogens with two attached hydrogens (primary N) is 1. The number of aromatic nitrogens is 1. The van der Waals surface area contributed by atoms with Crippen molar-refractivity contribution >= 4 is 17.6 Å². The Hall–Kier alpha value is -3.13. The number of nitrogens with one attached hydrogen (secondary N) is 1. The van der Waals surface area contributed by atoms with E-state index in [1.165, 1.54) is 19.4 Å². The summed E-state index contributed by atoms with van der Waals surface area (Å²) < 4.78 is 10.6. The van der Waals surface area contributed by atoms with Crippen LogP contribution < -0.4 is 15.8 Å². The predicted octanol–water partition coefficient (Wildman–Crippen LogP) is 1.66. The second kappa shape index (κ2) is 8.50. The molecule has 0 bridgehead atoms. The van der Waals surface area contributed by atoms with Crippen molar-refractivity contribution in [2.24, 2.45) is 5.73 Å². The number of methoxy groups -OCH3 is 1. The maximum atomic E-state index is 12.8. The zero-order valence-electron chi connectivity index (χ0n) is 15.1. The van der Waals surface area contributed by atoms with Crippen LogP contribution in [0.5, 0.6) is 5.88 Å². The molecular formula is C19H22N4O4. The van der Waals surface area contributed by atoms with Gasteiger partial charge < -0.3 is 25.4 Å². The molecule has 1 unspecified atom stereocenters. The number of morpholine rings is 1. The first-order chi connectivity index (χ1) is 13.1. The Morgan fingerprint density at radius 3 is 2.85 bits per heavy atom. The molecule has 0 aliphatic carbocycles. The van der Waals surface area contributed by atoms with E-state index < -0.39 is 5.91 Å². The molecule has 1 fully saturated rings. The van der Waals surface area contributed by atoms with Gasteiger partial charge in [0.1, 0.15) is 5.56 Å². The molecule has 1 aromatic heterocycles. The molecular weight excluding hydrogens is 348 g/mol. The lowest BCUT2D eigenvalue weighted by Gasteiger charge is -2.35. The molecule has 1 saturated heterocycles. The molecule has 2 aromatic rings. The quantitative estimate of drug-likeness (QED) is 0.832. The molecule has 3 N–H and O–H groups in total. The lowest BCUT2D eigenvalue weighted by Crippen LogP contribution is -2.51. The molecule has 142 valence electrons. The molecule has 8 nitrogen and oxygen atoms in total. The molecule has 2 heterocycles. The summed E-state index contributed by atoms with van der Waals surface area (Å²) in [5, 5.41) is 2.78. The molecule has 1 atom stereocenters. The van der Waals surface area contributed by atoms with Crippen LogP contribution in [0.25, 0.3) is 0 Å². The number of urea groups is 1. The number of nitrogens with zero attached hydrogens (tertiary/aromatic N) is 2. The normalized spacial score (nSPS) is 16.6. The van der Waals surface area contributed by atoms with Crippen molar-refractivity contribution in [2.45, 2.75) is 12.5 Å². The fourth-order valence-corrected chi connectivity index (χ4v) is 3.03. The molecule has 8 heteroatoms. The largest absolute Gasteiger partial charge is 0.480 e. The van der Waals surface area contributed by atoms with Crippen LogP contribution in [0.1, 0.15) is 15.9 Å². The molecule has 1 aliphatic rings. The zero-order chi connectivity index (χ0) is 19.2. The molecule has 27 heavy (non-hydrogen) atoms. The van der Waals surface area contributed by atoms with Gasteiger partial charge >= 0.3 is 6.03 Å². The van der Waals surface area contributed by atoms with Crippen molar-refractivity contribution in [2.75, 3.05) is 32.2 Å². The molecule has 0 spiro atoms. The standard InChI is InChI=1S/C19H22N4O4/c1-26-18-16(17(20)24)10-14(11-21-18)22-19(25)23-7-8-27-12-15(23)9-13-5-3-2-4-6-13/h2-6,10-11,15H,7-9,12H2,1H3,(H2,20,24)(H,22,25). The summed E-state index contributed by atoms with van der Waals surface area (Å²) in [6.07, 6.45) is 2.12. The Balaban J connectivity index is 1.73. The van der Waals surface area contributed by atoms with Crippen LogP contribution in [0.15, 0.2) is 42.6 Å². The Morgan fingerprint density at radius 2 is 2.15 bits per heavy atom. The van der Waals surface area contributed by atoms with E-state index in [4.69, 9.17) is 15.2 Å². The van der Waals surface area contributed by atoms with Gasteiger partial charge in [0.05, 0.1) is 38.2 Å². The van der Waals surface area contributed by atoms with E-state index in [2.05, 4.69) is 10.3 Å². The molecule has 0 saturated carbocycles. The van der Waals surface area contributed by atoms with Gasteiger partial charge in [-0.05, 0) is 18.1 Å². The van der Waals surface area contributed by atoms with Crippen LogP contribution >= 0.6 is 0 Å². The fourth-order valence-electron chi connectivity index (χ4n) is 3.03. The van der Waals surface area contributed by atoms with Crippen LogP contribution in [-0.4, -0.2) is 54.7 Å². The smallest absolute Gasteiger partial charge is 0.322 e. The summed E-state index contributed by atoms with van der Waals surface area (Å²) in [5.74, 6) is -0.558. The van der Waals surface area contributed by atoms with Gasteiger partial charge in [-0.2, -0.15) is 0 Å². The average Bonchev–Trinajstić information content (AvgIpc) is 2.69. The van der Waals surface area contributed by atoms with Crippen LogP contribution in [0.4, 0.5) is 10.5 Å². The van der Waals surface area contributed by atoms with Crippen molar-refractivity contribution in [1.29, 1.82) is 0 Å². The molecule has 3 rings (SSSR count). The topological polar surface area (TPSA) is 107 Å². The SMILES string of the molecule is COc1ncc(NC(=O)N2CCOCC2Cc2ccccc2)cc1C(N)=O. The lowest BCUT2D eigenvalue weighted by atomic mass is 10.0. The second-order valence-electron chi connectivity index (χ2n) is 6.19. The first-order valence-corrected chi connectivity index (χ1v) is 8.61. The Bertz CT molecular complexity index is 813. The highest BCUT2D eigenvalue weighted by Crippen LogP contribution is 2.20. The number of anilines is 1. The van der Waals surface area contributed by atoms with Gasteiger partial charge in [-0.15, -0.1) is 0 Å². The predicted molar refractivity (Wildman–Crippen MR) is 99.8 cm³/mol. The molecule has 3 amide bonds. The van der Waals surface area contributed by atoms with Crippen molar-refractivity contribution in [1.82, 2.24) is 9.88 Å². The number of ether oxygens (including phenoxy) is 2. The third kappa shape index (κ3) is 4.53. The first-order valence-electron chi connectivity index (χ1n) is 8.61. The van der Waals surface area contributed by atoms with Crippen LogP contribution in [-0.2, 0) is 11.2 Å². The van der Waals surface area contributed by atoms with Gasteiger partial charge in [-0.25, -0.2) is 9.78 Å². The number of hydrogen-bond donors (Lipinski definition) is 2. The monoisotopic (exact) mass is 370 g/mol. The van der Waals surface area contributed by atoms with Crippen LogP contribution in [0, 0.1) is 0 Å². The highest BCUT2D eigenvalue weighted by atomic mass is 16.5. The van der Waals surface area contributed by atoms with Gasteiger partial charge in [-0.1, -0.05) is 30.3 Å². The van der Waals surface area contributed by atoms with Crippen molar-refractivity contribution in [3.63, 3.8) is 0 Å². The van der Waals surface area contributed by atoms with Crippen LogP contribution in [0.3, 0.4) is 0 Å².